The van der Waals surface area contributed by atoms with E-state index in [4.69, 9.17) is 5.73 Å². The average molecular weight is 246 g/mol. The molecule has 1 aromatic carbocycles. The first-order chi connectivity index (χ1) is 8.74. The van der Waals surface area contributed by atoms with E-state index in [1.807, 2.05) is 12.1 Å². The summed E-state index contributed by atoms with van der Waals surface area (Å²) in [7, 11) is 0. The van der Waals surface area contributed by atoms with Gasteiger partial charge in [0.2, 0.25) is 0 Å². The first kappa shape index (κ1) is 11.1. The Labute approximate surface area is 105 Å². The van der Waals surface area contributed by atoms with Crippen LogP contribution in [0.1, 0.15) is 12.8 Å². The van der Waals surface area contributed by atoms with Crippen molar-refractivity contribution in [3.05, 3.63) is 30.1 Å². The Morgan fingerprint density at radius 3 is 2.61 bits per heavy atom. The van der Waals surface area contributed by atoms with E-state index < -0.39 is 0 Å². The fourth-order valence-electron chi connectivity index (χ4n) is 2.37. The molecule has 18 heavy (non-hydrogen) atoms. The third-order valence-corrected chi connectivity index (χ3v) is 3.30. The summed E-state index contributed by atoms with van der Waals surface area (Å²) in [5.41, 5.74) is 7.72. The second-order valence-corrected chi connectivity index (χ2v) is 4.57. The third kappa shape index (κ3) is 1.92. The van der Waals surface area contributed by atoms with Crippen LogP contribution in [0.3, 0.4) is 0 Å². The molecule has 3 N–H and O–H groups in total. The molecule has 0 bridgehead atoms. The van der Waals surface area contributed by atoms with Crippen LogP contribution >= 0.6 is 0 Å². The zero-order valence-electron chi connectivity index (χ0n) is 9.99. The molecule has 1 saturated heterocycles. The van der Waals surface area contributed by atoms with Gasteiger partial charge in [-0.05, 0) is 25.0 Å². The number of rotatable bonds is 2. The van der Waals surface area contributed by atoms with Crippen LogP contribution in [-0.4, -0.2) is 23.3 Å². The van der Waals surface area contributed by atoms with Crippen molar-refractivity contribution in [2.75, 3.05) is 23.7 Å². The highest BCUT2D eigenvalue weighted by molar-refractivity contribution is 5.65. The van der Waals surface area contributed by atoms with E-state index in [2.05, 4.69) is 15.1 Å². The molecule has 3 rings (SSSR count). The van der Waals surface area contributed by atoms with E-state index in [9.17, 15) is 4.39 Å². The first-order valence-electron chi connectivity index (χ1n) is 6.10. The molecule has 0 amide bonds. The lowest BCUT2D eigenvalue weighted by Gasteiger charge is -2.18. The predicted molar refractivity (Wildman–Crippen MR) is 69.8 cm³/mol. The fourth-order valence-corrected chi connectivity index (χ4v) is 2.37. The molecule has 2 aromatic rings. The highest BCUT2D eigenvalue weighted by Gasteiger charge is 2.16. The number of hydrogen-bond acceptors (Lipinski definition) is 3. The van der Waals surface area contributed by atoms with Crippen molar-refractivity contribution in [2.45, 2.75) is 12.8 Å². The van der Waals surface area contributed by atoms with E-state index in [1.165, 1.54) is 6.07 Å². The summed E-state index contributed by atoms with van der Waals surface area (Å²) in [6.07, 6.45) is 2.27. The minimum atomic E-state index is -0.192. The Bertz CT molecular complexity index is 558. The highest BCUT2D eigenvalue weighted by atomic mass is 19.1. The van der Waals surface area contributed by atoms with Gasteiger partial charge in [0, 0.05) is 24.7 Å². The molecule has 2 heterocycles. The molecule has 5 heteroatoms. The molecule has 0 saturated carbocycles. The highest BCUT2D eigenvalue weighted by Crippen LogP contribution is 2.28. The van der Waals surface area contributed by atoms with Crippen molar-refractivity contribution >= 4 is 11.5 Å². The van der Waals surface area contributed by atoms with Gasteiger partial charge in [-0.2, -0.15) is 5.10 Å². The number of nitrogens with two attached hydrogens (primary N) is 1. The largest absolute Gasteiger partial charge is 0.382 e. The van der Waals surface area contributed by atoms with Crippen molar-refractivity contribution < 1.29 is 4.39 Å². The summed E-state index contributed by atoms with van der Waals surface area (Å²) in [5, 5.41) is 6.63. The molecule has 0 aliphatic carbocycles. The summed E-state index contributed by atoms with van der Waals surface area (Å²) in [4.78, 5) is 2.08. The van der Waals surface area contributed by atoms with Gasteiger partial charge in [-0.15, -0.1) is 0 Å². The van der Waals surface area contributed by atoms with Crippen LogP contribution in [0.2, 0.25) is 0 Å². The fraction of sp³-hybridized carbons (Fsp3) is 0.308. The van der Waals surface area contributed by atoms with E-state index in [1.54, 1.807) is 6.07 Å². The Kier molecular flexibility index (Phi) is 2.66. The van der Waals surface area contributed by atoms with Gasteiger partial charge in [-0.3, -0.25) is 5.10 Å². The topological polar surface area (TPSA) is 57.9 Å². The second-order valence-electron chi connectivity index (χ2n) is 4.57. The Balaban J connectivity index is 1.93. The molecule has 0 spiro atoms. The van der Waals surface area contributed by atoms with Crippen LogP contribution in [0.15, 0.2) is 24.3 Å². The maximum absolute atomic E-state index is 14.1. The Morgan fingerprint density at radius 2 is 2.00 bits per heavy atom. The normalized spacial score (nSPS) is 15.3. The van der Waals surface area contributed by atoms with Crippen LogP contribution in [0.25, 0.3) is 11.3 Å². The standard InChI is InChI=1S/C13H15FN4/c14-10-7-9(11-8-13(15)17-16-11)3-4-12(10)18-5-1-2-6-18/h3-4,7-8H,1-2,5-6H2,(H3,15,16,17). The van der Waals surface area contributed by atoms with Gasteiger partial charge in [0.25, 0.3) is 0 Å². The Hall–Kier alpha value is -2.04. The van der Waals surface area contributed by atoms with Crippen molar-refractivity contribution in [1.29, 1.82) is 0 Å². The van der Waals surface area contributed by atoms with Gasteiger partial charge in [-0.25, -0.2) is 4.39 Å². The van der Waals surface area contributed by atoms with E-state index in [0.717, 1.165) is 37.2 Å². The van der Waals surface area contributed by atoms with E-state index in [-0.39, 0.29) is 5.82 Å². The number of hydrogen-bond donors (Lipinski definition) is 2. The molecule has 1 aliphatic heterocycles. The number of nitrogens with zero attached hydrogens (tertiary/aromatic N) is 2. The number of nitrogen functional groups attached to an aromatic ring is 1. The monoisotopic (exact) mass is 246 g/mol. The smallest absolute Gasteiger partial charge is 0.147 e. The van der Waals surface area contributed by atoms with E-state index >= 15 is 0 Å². The van der Waals surface area contributed by atoms with Crippen LogP contribution in [0.4, 0.5) is 15.9 Å². The van der Waals surface area contributed by atoms with Gasteiger partial charge in [0.1, 0.15) is 11.6 Å². The van der Waals surface area contributed by atoms with E-state index in [0.29, 0.717) is 11.5 Å². The summed E-state index contributed by atoms with van der Waals surface area (Å²) in [6, 6.07) is 6.95. The number of halogens is 1. The lowest BCUT2D eigenvalue weighted by atomic mass is 10.1. The first-order valence-corrected chi connectivity index (χ1v) is 6.10. The van der Waals surface area contributed by atoms with Gasteiger partial charge in [0.15, 0.2) is 0 Å². The van der Waals surface area contributed by atoms with Gasteiger partial charge in [-0.1, -0.05) is 6.07 Å². The minimum Gasteiger partial charge on any atom is -0.382 e. The van der Waals surface area contributed by atoms with Crippen LogP contribution in [0, 0.1) is 5.82 Å². The maximum Gasteiger partial charge on any atom is 0.147 e. The quantitative estimate of drug-likeness (QED) is 0.855. The van der Waals surface area contributed by atoms with Crippen molar-refractivity contribution in [3.63, 3.8) is 0 Å². The van der Waals surface area contributed by atoms with Crippen LogP contribution < -0.4 is 10.6 Å². The zero-order chi connectivity index (χ0) is 12.5. The molecule has 94 valence electrons. The third-order valence-electron chi connectivity index (χ3n) is 3.30. The molecular formula is C13H15FN4. The molecule has 1 fully saturated rings. The molecular weight excluding hydrogens is 231 g/mol. The number of aromatic nitrogens is 2. The molecule has 4 nitrogen and oxygen atoms in total. The number of anilines is 2. The number of nitrogens with one attached hydrogen (secondary N) is 1. The average Bonchev–Trinajstić information content (AvgIpc) is 2.99. The summed E-state index contributed by atoms with van der Waals surface area (Å²) >= 11 is 0. The van der Waals surface area contributed by atoms with Gasteiger partial charge < -0.3 is 10.6 Å². The van der Waals surface area contributed by atoms with Gasteiger partial charge >= 0.3 is 0 Å². The maximum atomic E-state index is 14.1. The minimum absolute atomic E-state index is 0.192. The summed E-state index contributed by atoms with van der Waals surface area (Å²) in [5.74, 6) is 0.219. The zero-order valence-corrected chi connectivity index (χ0v) is 9.99. The van der Waals surface area contributed by atoms with Crippen LogP contribution in [-0.2, 0) is 0 Å². The Morgan fingerprint density at radius 1 is 1.22 bits per heavy atom. The lowest BCUT2D eigenvalue weighted by molar-refractivity contribution is 0.623. The van der Waals surface area contributed by atoms with Crippen molar-refractivity contribution in [2.24, 2.45) is 0 Å². The predicted octanol–water partition coefficient (Wildman–Crippen LogP) is 2.40. The lowest BCUT2D eigenvalue weighted by Crippen LogP contribution is -2.18. The molecule has 0 radical (unpaired) electrons. The van der Waals surface area contributed by atoms with Crippen molar-refractivity contribution in [3.8, 4) is 11.3 Å². The summed E-state index contributed by atoms with van der Waals surface area (Å²) < 4.78 is 14.1. The van der Waals surface area contributed by atoms with Gasteiger partial charge in [0.05, 0.1) is 11.4 Å². The summed E-state index contributed by atoms with van der Waals surface area (Å²) in [6.45, 7) is 1.88. The second kappa shape index (κ2) is 4.33. The molecule has 1 aromatic heterocycles. The molecule has 0 unspecified atom stereocenters. The number of benzene rings is 1. The molecule has 1 aliphatic rings. The molecule has 0 atom stereocenters. The van der Waals surface area contributed by atoms with Crippen molar-refractivity contribution in [1.82, 2.24) is 10.2 Å². The SMILES string of the molecule is Nc1cc(-c2ccc(N3CCCC3)c(F)c2)[nH]n1. The number of H-pyrrole nitrogens is 1. The number of aromatic amines is 1. The van der Waals surface area contributed by atoms with Crippen LogP contribution in [0.5, 0.6) is 0 Å².